The first kappa shape index (κ1) is 13.3. The second-order valence-corrected chi connectivity index (χ2v) is 4.21. The number of rotatable bonds is 4. The van der Waals surface area contributed by atoms with Crippen LogP contribution < -0.4 is 11.1 Å². The van der Waals surface area contributed by atoms with Gasteiger partial charge in [0.25, 0.3) is 0 Å². The van der Waals surface area contributed by atoms with Gasteiger partial charge in [0.15, 0.2) is 11.7 Å². The standard InChI is InChI=1S/C10H15N5O4/c11-8(14-17)10(1-3-18-4-2-10)9(16)12-5-7-13-6-19-15-7/h6,17H,1-5H2,(H2,11,14)(H,12,16). The fourth-order valence-electron chi connectivity index (χ4n) is 2.01. The molecule has 0 bridgehead atoms. The van der Waals surface area contributed by atoms with Crippen LogP contribution in [-0.4, -0.2) is 40.3 Å². The molecule has 4 N–H and O–H groups in total. The smallest absolute Gasteiger partial charge is 0.234 e. The molecule has 1 aromatic heterocycles. The molecular formula is C10H15N5O4. The number of nitrogens with one attached hydrogen (secondary N) is 1. The lowest BCUT2D eigenvalue weighted by Crippen LogP contribution is -2.52. The van der Waals surface area contributed by atoms with Crippen molar-refractivity contribution in [2.75, 3.05) is 13.2 Å². The van der Waals surface area contributed by atoms with E-state index in [9.17, 15) is 4.79 Å². The third kappa shape index (κ3) is 2.65. The molecule has 0 radical (unpaired) electrons. The van der Waals surface area contributed by atoms with Crippen LogP contribution in [0.4, 0.5) is 0 Å². The minimum Gasteiger partial charge on any atom is -0.409 e. The van der Waals surface area contributed by atoms with E-state index in [1.165, 1.54) is 6.39 Å². The van der Waals surface area contributed by atoms with Crippen LogP contribution in [0.1, 0.15) is 18.7 Å². The summed E-state index contributed by atoms with van der Waals surface area (Å²) < 4.78 is 9.77. The van der Waals surface area contributed by atoms with Gasteiger partial charge in [0, 0.05) is 13.2 Å². The summed E-state index contributed by atoms with van der Waals surface area (Å²) in [5.74, 6) is -0.0904. The Kier molecular flexibility index (Phi) is 3.95. The number of hydrogen-bond donors (Lipinski definition) is 3. The zero-order chi connectivity index (χ0) is 13.7. The maximum atomic E-state index is 12.3. The number of nitrogens with zero attached hydrogens (tertiary/aromatic N) is 3. The van der Waals surface area contributed by atoms with Gasteiger partial charge in [0.1, 0.15) is 5.41 Å². The lowest BCUT2D eigenvalue weighted by molar-refractivity contribution is -0.131. The number of carbonyl (C=O) groups excluding carboxylic acids is 1. The van der Waals surface area contributed by atoms with Crippen molar-refractivity contribution in [2.45, 2.75) is 19.4 Å². The predicted molar refractivity (Wildman–Crippen MR) is 62.0 cm³/mol. The van der Waals surface area contributed by atoms with Gasteiger partial charge in [-0.3, -0.25) is 4.79 Å². The van der Waals surface area contributed by atoms with E-state index in [1.54, 1.807) is 0 Å². The average Bonchev–Trinajstić information content (AvgIpc) is 2.97. The fourth-order valence-corrected chi connectivity index (χ4v) is 2.01. The Morgan fingerprint density at radius 2 is 2.32 bits per heavy atom. The van der Waals surface area contributed by atoms with Crippen molar-refractivity contribution in [3.05, 3.63) is 12.2 Å². The highest BCUT2D eigenvalue weighted by atomic mass is 16.5. The van der Waals surface area contributed by atoms with Gasteiger partial charge in [-0.2, -0.15) is 4.98 Å². The lowest BCUT2D eigenvalue weighted by atomic mass is 9.78. The van der Waals surface area contributed by atoms with E-state index in [0.29, 0.717) is 31.9 Å². The molecule has 2 heterocycles. The van der Waals surface area contributed by atoms with Gasteiger partial charge in [0.05, 0.1) is 6.54 Å². The molecule has 0 atom stereocenters. The summed E-state index contributed by atoms with van der Waals surface area (Å²) in [6, 6.07) is 0. The van der Waals surface area contributed by atoms with Crippen LogP contribution in [0.3, 0.4) is 0 Å². The summed E-state index contributed by atoms with van der Waals surface area (Å²) in [4.78, 5) is 16.1. The number of carbonyl (C=O) groups is 1. The molecule has 9 nitrogen and oxygen atoms in total. The Hall–Kier alpha value is -2.16. The molecule has 1 aromatic rings. The predicted octanol–water partition coefficient (Wildman–Crippen LogP) is -0.771. The van der Waals surface area contributed by atoms with Crippen molar-refractivity contribution in [2.24, 2.45) is 16.3 Å². The summed E-state index contributed by atoms with van der Waals surface area (Å²) in [7, 11) is 0. The Morgan fingerprint density at radius 1 is 1.58 bits per heavy atom. The quantitative estimate of drug-likeness (QED) is 0.282. The van der Waals surface area contributed by atoms with Gasteiger partial charge in [0.2, 0.25) is 12.3 Å². The van der Waals surface area contributed by atoms with Gasteiger partial charge in [-0.05, 0) is 12.8 Å². The molecule has 1 saturated heterocycles. The van der Waals surface area contributed by atoms with E-state index in [1.807, 2.05) is 0 Å². The second-order valence-electron chi connectivity index (χ2n) is 4.21. The van der Waals surface area contributed by atoms with Crippen molar-refractivity contribution in [1.82, 2.24) is 15.5 Å². The minimum absolute atomic E-state index is 0.110. The maximum absolute atomic E-state index is 12.3. The number of aromatic nitrogens is 2. The van der Waals surface area contributed by atoms with Crippen LogP contribution in [-0.2, 0) is 16.1 Å². The lowest BCUT2D eigenvalue weighted by Gasteiger charge is -2.34. The summed E-state index contributed by atoms with van der Waals surface area (Å²) in [6.45, 7) is 0.883. The van der Waals surface area contributed by atoms with Crippen molar-refractivity contribution in [3.8, 4) is 0 Å². The largest absolute Gasteiger partial charge is 0.409 e. The van der Waals surface area contributed by atoms with E-state index in [2.05, 4.69) is 25.1 Å². The molecule has 0 saturated carbocycles. The van der Waals surface area contributed by atoms with E-state index in [-0.39, 0.29) is 18.3 Å². The number of oxime groups is 1. The first-order valence-corrected chi connectivity index (χ1v) is 5.78. The van der Waals surface area contributed by atoms with Crippen molar-refractivity contribution < 1.29 is 19.3 Å². The molecule has 0 spiro atoms. The monoisotopic (exact) mass is 269 g/mol. The molecule has 0 aliphatic carbocycles. The van der Waals surface area contributed by atoms with Crippen LogP contribution in [0, 0.1) is 5.41 Å². The van der Waals surface area contributed by atoms with Crippen LogP contribution in [0.25, 0.3) is 0 Å². The van der Waals surface area contributed by atoms with E-state index < -0.39 is 5.41 Å². The molecule has 9 heteroatoms. The Balaban J connectivity index is 2.07. The van der Waals surface area contributed by atoms with E-state index >= 15 is 0 Å². The molecule has 104 valence electrons. The molecule has 1 amide bonds. The number of ether oxygens (including phenoxy) is 1. The molecule has 19 heavy (non-hydrogen) atoms. The second kappa shape index (κ2) is 5.65. The first-order valence-electron chi connectivity index (χ1n) is 5.78. The summed E-state index contributed by atoms with van der Waals surface area (Å²) >= 11 is 0. The van der Waals surface area contributed by atoms with Gasteiger partial charge in [-0.25, -0.2) is 0 Å². The minimum atomic E-state index is -1.04. The molecule has 1 aliphatic rings. The van der Waals surface area contributed by atoms with Crippen molar-refractivity contribution >= 4 is 11.7 Å². The zero-order valence-corrected chi connectivity index (χ0v) is 10.2. The normalized spacial score (nSPS) is 19.1. The highest BCUT2D eigenvalue weighted by molar-refractivity contribution is 6.06. The molecule has 1 aliphatic heterocycles. The van der Waals surface area contributed by atoms with Crippen molar-refractivity contribution in [3.63, 3.8) is 0 Å². The van der Waals surface area contributed by atoms with Gasteiger partial charge in [-0.15, -0.1) is 0 Å². The van der Waals surface area contributed by atoms with E-state index in [0.717, 1.165) is 0 Å². The SMILES string of the molecule is NC(=NO)C1(C(=O)NCc2ncon2)CCOCC1. The van der Waals surface area contributed by atoms with Crippen LogP contribution >= 0.6 is 0 Å². The maximum Gasteiger partial charge on any atom is 0.234 e. The van der Waals surface area contributed by atoms with Crippen molar-refractivity contribution in [1.29, 1.82) is 0 Å². The van der Waals surface area contributed by atoms with Gasteiger partial charge in [-0.1, -0.05) is 10.3 Å². The third-order valence-corrected chi connectivity index (χ3v) is 3.19. The topological polar surface area (TPSA) is 136 Å². The highest BCUT2D eigenvalue weighted by Gasteiger charge is 2.44. The molecule has 1 fully saturated rings. The summed E-state index contributed by atoms with van der Waals surface area (Å²) in [5.41, 5.74) is 4.62. The van der Waals surface area contributed by atoms with Gasteiger partial charge < -0.3 is 25.5 Å². The Bertz CT molecular complexity index is 452. The molecule has 0 unspecified atom stereocenters. The van der Waals surface area contributed by atoms with Crippen LogP contribution in [0.2, 0.25) is 0 Å². The number of amidine groups is 1. The molecular weight excluding hydrogens is 254 g/mol. The fraction of sp³-hybridized carbons (Fsp3) is 0.600. The van der Waals surface area contributed by atoms with Gasteiger partial charge >= 0.3 is 0 Å². The first-order chi connectivity index (χ1) is 9.19. The third-order valence-electron chi connectivity index (χ3n) is 3.19. The molecule has 2 rings (SSSR count). The number of amides is 1. The zero-order valence-electron chi connectivity index (χ0n) is 10.2. The number of nitrogens with two attached hydrogens (primary N) is 1. The Labute approximate surface area is 108 Å². The number of hydrogen-bond acceptors (Lipinski definition) is 7. The molecule has 0 aromatic carbocycles. The van der Waals surface area contributed by atoms with Crippen LogP contribution in [0.5, 0.6) is 0 Å². The van der Waals surface area contributed by atoms with E-state index in [4.69, 9.17) is 15.7 Å². The average molecular weight is 269 g/mol. The summed E-state index contributed by atoms with van der Waals surface area (Å²) in [5, 5.41) is 18.1. The Morgan fingerprint density at radius 3 is 2.89 bits per heavy atom. The summed E-state index contributed by atoms with van der Waals surface area (Å²) in [6.07, 6.45) is 1.90. The van der Waals surface area contributed by atoms with Crippen LogP contribution in [0.15, 0.2) is 16.1 Å². The highest BCUT2D eigenvalue weighted by Crippen LogP contribution is 2.31.